The van der Waals surface area contributed by atoms with Gasteiger partial charge in [-0.2, -0.15) is 0 Å². The standard InChI is InChI=1S/C19H19ClN2O5/c1-11-4-5-14(8-12(11)2)13(3)21-18(23)10-27-19(24)16-9-15(22(25)26)6-7-17(16)20/h4-9,13H,10H2,1-3H3,(H,21,23)/t13-/m0/s1. The third-order valence-electron chi connectivity index (χ3n) is 4.12. The van der Waals surface area contributed by atoms with Gasteiger partial charge >= 0.3 is 5.97 Å². The van der Waals surface area contributed by atoms with Crippen LogP contribution in [-0.2, 0) is 9.53 Å². The summed E-state index contributed by atoms with van der Waals surface area (Å²) in [6.07, 6.45) is 0. The first kappa shape index (κ1) is 20.4. The lowest BCUT2D eigenvalue weighted by Crippen LogP contribution is -2.31. The Hall–Kier alpha value is -2.93. The highest BCUT2D eigenvalue weighted by Gasteiger charge is 2.19. The van der Waals surface area contributed by atoms with Gasteiger partial charge in [-0.1, -0.05) is 29.8 Å². The van der Waals surface area contributed by atoms with E-state index in [9.17, 15) is 19.7 Å². The van der Waals surface area contributed by atoms with Gasteiger partial charge in [-0.15, -0.1) is 0 Å². The number of non-ortho nitro benzene ring substituents is 1. The zero-order valence-electron chi connectivity index (χ0n) is 15.1. The van der Waals surface area contributed by atoms with Crippen LogP contribution in [0.1, 0.15) is 40.0 Å². The molecule has 0 saturated carbocycles. The fourth-order valence-electron chi connectivity index (χ4n) is 2.39. The average Bonchev–Trinajstić information content (AvgIpc) is 2.62. The van der Waals surface area contributed by atoms with Gasteiger partial charge in [0.15, 0.2) is 6.61 Å². The molecule has 1 amide bonds. The Balaban J connectivity index is 1.97. The smallest absolute Gasteiger partial charge is 0.340 e. The normalized spacial score (nSPS) is 11.6. The van der Waals surface area contributed by atoms with E-state index in [1.165, 1.54) is 12.1 Å². The number of amides is 1. The highest BCUT2D eigenvalue weighted by Crippen LogP contribution is 2.23. The van der Waals surface area contributed by atoms with Crippen molar-refractivity contribution in [2.45, 2.75) is 26.8 Å². The molecule has 0 aliphatic heterocycles. The molecule has 0 aromatic heterocycles. The van der Waals surface area contributed by atoms with Crippen molar-refractivity contribution < 1.29 is 19.2 Å². The molecule has 0 aliphatic rings. The maximum atomic E-state index is 12.1. The van der Waals surface area contributed by atoms with Crippen molar-refractivity contribution in [2.75, 3.05) is 6.61 Å². The number of aryl methyl sites for hydroxylation is 2. The Bertz CT molecular complexity index is 898. The molecule has 2 aromatic carbocycles. The van der Waals surface area contributed by atoms with E-state index in [1.807, 2.05) is 39.0 Å². The second-order valence-electron chi connectivity index (χ2n) is 6.13. The molecule has 0 unspecified atom stereocenters. The van der Waals surface area contributed by atoms with Crippen LogP contribution in [0, 0.1) is 24.0 Å². The molecular weight excluding hydrogens is 372 g/mol. The van der Waals surface area contributed by atoms with Gasteiger partial charge in [-0.3, -0.25) is 14.9 Å². The van der Waals surface area contributed by atoms with E-state index < -0.39 is 23.4 Å². The van der Waals surface area contributed by atoms with Gasteiger partial charge in [0.05, 0.1) is 21.6 Å². The maximum Gasteiger partial charge on any atom is 0.340 e. The molecule has 0 heterocycles. The summed E-state index contributed by atoms with van der Waals surface area (Å²) in [5.41, 5.74) is 2.74. The number of rotatable bonds is 6. The Morgan fingerprint density at radius 2 is 1.89 bits per heavy atom. The summed E-state index contributed by atoms with van der Waals surface area (Å²) in [5.74, 6) is -1.40. The predicted octanol–water partition coefficient (Wildman–Crippen LogP) is 3.90. The minimum Gasteiger partial charge on any atom is -0.452 e. The van der Waals surface area contributed by atoms with Gasteiger partial charge in [0.2, 0.25) is 0 Å². The van der Waals surface area contributed by atoms with Crippen molar-refractivity contribution in [3.05, 3.63) is 73.8 Å². The second kappa shape index (κ2) is 8.64. The quantitative estimate of drug-likeness (QED) is 0.458. The molecule has 142 valence electrons. The Kier molecular flexibility index (Phi) is 6.52. The number of benzene rings is 2. The summed E-state index contributed by atoms with van der Waals surface area (Å²) in [4.78, 5) is 34.3. The molecule has 27 heavy (non-hydrogen) atoms. The molecule has 1 N–H and O–H groups in total. The topological polar surface area (TPSA) is 98.5 Å². The van der Waals surface area contributed by atoms with Crippen molar-refractivity contribution in [3.63, 3.8) is 0 Å². The van der Waals surface area contributed by atoms with Gasteiger partial charge in [-0.25, -0.2) is 4.79 Å². The molecular formula is C19H19ClN2O5. The van der Waals surface area contributed by atoms with Crippen LogP contribution in [0.4, 0.5) is 5.69 Å². The molecule has 8 heteroatoms. The van der Waals surface area contributed by atoms with E-state index >= 15 is 0 Å². The third kappa shape index (κ3) is 5.27. The number of carbonyl (C=O) groups excluding carboxylic acids is 2. The number of hydrogen-bond donors (Lipinski definition) is 1. The molecule has 0 radical (unpaired) electrons. The first-order chi connectivity index (χ1) is 12.7. The van der Waals surface area contributed by atoms with Crippen molar-refractivity contribution in [2.24, 2.45) is 0 Å². The van der Waals surface area contributed by atoms with Crippen molar-refractivity contribution in [1.82, 2.24) is 5.32 Å². The SMILES string of the molecule is Cc1ccc([C@H](C)NC(=O)COC(=O)c2cc([N+](=O)[O-])ccc2Cl)cc1C. The number of carbonyl (C=O) groups is 2. The molecule has 2 aromatic rings. The van der Waals surface area contributed by atoms with E-state index in [0.717, 1.165) is 22.8 Å². The largest absolute Gasteiger partial charge is 0.452 e. The van der Waals surface area contributed by atoms with Crippen molar-refractivity contribution in [3.8, 4) is 0 Å². The Morgan fingerprint density at radius 1 is 1.19 bits per heavy atom. The van der Waals surface area contributed by atoms with Crippen LogP contribution in [0.2, 0.25) is 5.02 Å². The fourth-order valence-corrected chi connectivity index (χ4v) is 2.59. The molecule has 0 spiro atoms. The van der Waals surface area contributed by atoms with Crippen molar-refractivity contribution >= 4 is 29.2 Å². The van der Waals surface area contributed by atoms with Crippen LogP contribution in [-0.4, -0.2) is 23.4 Å². The number of nitrogens with one attached hydrogen (secondary N) is 1. The summed E-state index contributed by atoms with van der Waals surface area (Å²) in [7, 11) is 0. The van der Waals surface area contributed by atoms with E-state index in [1.54, 1.807) is 0 Å². The number of esters is 1. The van der Waals surface area contributed by atoms with Gasteiger partial charge in [-0.05, 0) is 43.5 Å². The molecule has 2 rings (SSSR count). The summed E-state index contributed by atoms with van der Waals surface area (Å²) >= 11 is 5.88. The number of nitrogens with zero attached hydrogens (tertiary/aromatic N) is 1. The number of nitro benzene ring substituents is 1. The molecule has 0 saturated heterocycles. The fraction of sp³-hybridized carbons (Fsp3) is 0.263. The number of halogens is 1. The molecule has 1 atom stereocenters. The minimum atomic E-state index is -0.905. The molecule has 0 bridgehead atoms. The van der Waals surface area contributed by atoms with E-state index in [2.05, 4.69) is 5.32 Å². The lowest BCUT2D eigenvalue weighted by atomic mass is 10.0. The van der Waals surface area contributed by atoms with Crippen LogP contribution in [0.25, 0.3) is 0 Å². The van der Waals surface area contributed by atoms with Crippen LogP contribution >= 0.6 is 11.6 Å². The van der Waals surface area contributed by atoms with E-state index in [4.69, 9.17) is 16.3 Å². The lowest BCUT2D eigenvalue weighted by Gasteiger charge is -2.16. The van der Waals surface area contributed by atoms with Gasteiger partial charge in [0.1, 0.15) is 0 Å². The van der Waals surface area contributed by atoms with Crippen LogP contribution in [0.15, 0.2) is 36.4 Å². The third-order valence-corrected chi connectivity index (χ3v) is 4.45. The molecule has 7 nitrogen and oxygen atoms in total. The lowest BCUT2D eigenvalue weighted by molar-refractivity contribution is -0.384. The highest BCUT2D eigenvalue weighted by atomic mass is 35.5. The zero-order chi connectivity index (χ0) is 20.1. The van der Waals surface area contributed by atoms with Crippen LogP contribution < -0.4 is 5.32 Å². The molecule has 0 aliphatic carbocycles. The zero-order valence-corrected chi connectivity index (χ0v) is 15.9. The summed E-state index contributed by atoms with van der Waals surface area (Å²) < 4.78 is 4.93. The number of nitro groups is 1. The highest BCUT2D eigenvalue weighted by molar-refractivity contribution is 6.33. The van der Waals surface area contributed by atoms with Gasteiger partial charge in [0.25, 0.3) is 11.6 Å². The minimum absolute atomic E-state index is 0.00880. The monoisotopic (exact) mass is 390 g/mol. The predicted molar refractivity (Wildman–Crippen MR) is 101 cm³/mol. The second-order valence-corrected chi connectivity index (χ2v) is 6.54. The number of hydrogen-bond acceptors (Lipinski definition) is 5. The molecule has 0 fully saturated rings. The van der Waals surface area contributed by atoms with Gasteiger partial charge < -0.3 is 10.1 Å². The average molecular weight is 391 g/mol. The first-order valence-corrected chi connectivity index (χ1v) is 8.54. The van der Waals surface area contributed by atoms with Crippen LogP contribution in [0.3, 0.4) is 0 Å². The Morgan fingerprint density at radius 3 is 2.52 bits per heavy atom. The number of ether oxygens (including phenoxy) is 1. The summed E-state index contributed by atoms with van der Waals surface area (Å²) in [5, 5.41) is 13.5. The Labute approximate surface area is 161 Å². The van der Waals surface area contributed by atoms with E-state index in [-0.39, 0.29) is 22.3 Å². The maximum absolute atomic E-state index is 12.1. The van der Waals surface area contributed by atoms with E-state index in [0.29, 0.717) is 0 Å². The van der Waals surface area contributed by atoms with Gasteiger partial charge in [0, 0.05) is 12.1 Å². The first-order valence-electron chi connectivity index (χ1n) is 8.16. The van der Waals surface area contributed by atoms with Crippen LogP contribution in [0.5, 0.6) is 0 Å². The van der Waals surface area contributed by atoms with Crippen molar-refractivity contribution in [1.29, 1.82) is 0 Å². The summed E-state index contributed by atoms with van der Waals surface area (Å²) in [6, 6.07) is 9.03. The summed E-state index contributed by atoms with van der Waals surface area (Å²) in [6.45, 7) is 5.28.